The zero-order valence-electron chi connectivity index (χ0n) is 20.7. The van der Waals surface area contributed by atoms with Crippen molar-refractivity contribution in [1.82, 2.24) is 5.01 Å². The summed E-state index contributed by atoms with van der Waals surface area (Å²) in [6.07, 6.45) is 1.64. The van der Waals surface area contributed by atoms with Gasteiger partial charge in [0.1, 0.15) is 29.8 Å². The molecule has 35 heavy (non-hydrogen) atoms. The van der Waals surface area contributed by atoms with Crippen molar-refractivity contribution in [3.8, 4) is 11.5 Å². The minimum absolute atomic E-state index is 0.0139. The average Bonchev–Trinajstić information content (AvgIpc) is 3.24. The summed E-state index contributed by atoms with van der Waals surface area (Å²) in [7, 11) is 0. The number of carbonyl (C=O) groups is 1. The second-order valence-electron chi connectivity index (χ2n) is 9.62. The number of nitrogens with one attached hydrogen (secondary N) is 1. The number of hydrogen-bond acceptors (Lipinski definition) is 6. The predicted octanol–water partition coefficient (Wildman–Crippen LogP) is 5.72. The summed E-state index contributed by atoms with van der Waals surface area (Å²) in [4.78, 5) is 16.8. The van der Waals surface area contributed by atoms with Gasteiger partial charge in [-0.2, -0.15) is 15.1 Å². The fourth-order valence-electron chi connectivity index (χ4n) is 3.49. The Kier molecular flexibility index (Phi) is 7.12. The number of carbonyl (C=O) groups excluding carboxylic acids is 1. The van der Waals surface area contributed by atoms with Gasteiger partial charge in [-0.05, 0) is 47.0 Å². The van der Waals surface area contributed by atoms with E-state index in [0.717, 1.165) is 10.8 Å². The Hall–Kier alpha value is -3.39. The first-order valence-corrected chi connectivity index (χ1v) is 12.4. The molecule has 1 amide bonds. The Labute approximate surface area is 210 Å². The SMILES string of the molecule is CC(C)C1=NN2C(=N)/C(=C\c3ccccc3OCCOc3ccc(C(C)(C)C)cc3)C(=O)N=C2S1. The standard InChI is InChI=1S/C27H30N4O3S/c1-17(2)25-30-31-23(28)21(24(32)29-26(31)35-25)16-18-8-6-7-9-22(18)34-15-14-33-20-12-10-19(11-13-20)27(3,4)5/h6-13,16-17,28H,14-15H2,1-5H3/b21-16+,28-23?. The summed E-state index contributed by atoms with van der Waals surface area (Å²) in [5.74, 6) is 1.14. The molecule has 0 saturated carbocycles. The third-order valence-electron chi connectivity index (χ3n) is 5.51. The van der Waals surface area contributed by atoms with Crippen molar-refractivity contribution in [2.75, 3.05) is 13.2 Å². The van der Waals surface area contributed by atoms with Crippen molar-refractivity contribution < 1.29 is 14.3 Å². The topological polar surface area (TPSA) is 87.3 Å². The first-order chi connectivity index (χ1) is 16.6. The Morgan fingerprint density at radius 3 is 2.43 bits per heavy atom. The van der Waals surface area contributed by atoms with Crippen LogP contribution in [0.15, 0.2) is 64.2 Å². The molecule has 0 radical (unpaired) electrons. The molecule has 2 aromatic carbocycles. The number of aliphatic imine (C=N–C) groups is 1. The zero-order valence-corrected chi connectivity index (χ0v) is 21.5. The third kappa shape index (κ3) is 5.65. The van der Waals surface area contributed by atoms with E-state index in [4.69, 9.17) is 14.9 Å². The van der Waals surface area contributed by atoms with E-state index in [9.17, 15) is 4.79 Å². The molecule has 2 heterocycles. The van der Waals surface area contributed by atoms with Gasteiger partial charge in [0.25, 0.3) is 5.91 Å². The smallest absolute Gasteiger partial charge is 0.283 e. The third-order valence-corrected chi connectivity index (χ3v) is 6.72. The van der Waals surface area contributed by atoms with Crippen molar-refractivity contribution in [1.29, 1.82) is 5.41 Å². The second-order valence-corrected chi connectivity index (χ2v) is 10.6. The van der Waals surface area contributed by atoms with Crippen LogP contribution >= 0.6 is 11.8 Å². The van der Waals surface area contributed by atoms with Crippen LogP contribution < -0.4 is 9.47 Å². The summed E-state index contributed by atoms with van der Waals surface area (Å²) >= 11 is 1.33. The molecule has 2 aliphatic heterocycles. The van der Waals surface area contributed by atoms with Gasteiger partial charge in [-0.25, -0.2) is 0 Å². The number of hydrogen-bond donors (Lipinski definition) is 1. The van der Waals surface area contributed by atoms with Crippen LogP contribution in [0.25, 0.3) is 6.08 Å². The monoisotopic (exact) mass is 490 g/mol. The summed E-state index contributed by atoms with van der Waals surface area (Å²) in [6.45, 7) is 11.3. The molecule has 182 valence electrons. The number of ether oxygens (including phenoxy) is 2. The first-order valence-electron chi connectivity index (χ1n) is 11.6. The van der Waals surface area contributed by atoms with Gasteiger partial charge in [0.2, 0.25) is 5.17 Å². The second kappa shape index (κ2) is 10.1. The van der Waals surface area contributed by atoms with E-state index in [1.807, 2.05) is 50.2 Å². The van der Waals surface area contributed by atoms with E-state index < -0.39 is 5.91 Å². The molecule has 0 atom stereocenters. The van der Waals surface area contributed by atoms with Crippen molar-refractivity contribution in [2.24, 2.45) is 16.0 Å². The van der Waals surface area contributed by atoms with Gasteiger partial charge in [-0.3, -0.25) is 10.2 Å². The van der Waals surface area contributed by atoms with E-state index >= 15 is 0 Å². The van der Waals surface area contributed by atoms with Crippen LogP contribution in [0.5, 0.6) is 11.5 Å². The number of amidine groups is 2. The van der Waals surface area contributed by atoms with E-state index in [0.29, 0.717) is 29.7 Å². The van der Waals surface area contributed by atoms with Crippen LogP contribution in [-0.2, 0) is 10.2 Å². The van der Waals surface area contributed by atoms with Crippen LogP contribution in [0.1, 0.15) is 45.7 Å². The van der Waals surface area contributed by atoms with Crippen LogP contribution in [0.3, 0.4) is 0 Å². The van der Waals surface area contributed by atoms with Gasteiger partial charge >= 0.3 is 0 Å². The van der Waals surface area contributed by atoms with E-state index in [1.54, 1.807) is 6.08 Å². The molecule has 0 bridgehead atoms. The van der Waals surface area contributed by atoms with E-state index in [2.05, 4.69) is 43.0 Å². The first kappa shape index (κ1) is 24.7. The lowest BCUT2D eigenvalue weighted by Gasteiger charge is -2.20. The van der Waals surface area contributed by atoms with Crippen molar-refractivity contribution in [3.63, 3.8) is 0 Å². The highest BCUT2D eigenvalue weighted by Crippen LogP contribution is 2.32. The highest BCUT2D eigenvalue weighted by atomic mass is 32.2. The van der Waals surface area contributed by atoms with Gasteiger partial charge in [0.15, 0.2) is 5.84 Å². The molecule has 8 heteroatoms. The molecule has 0 aromatic heterocycles. The molecule has 7 nitrogen and oxygen atoms in total. The number of para-hydroxylation sites is 1. The van der Waals surface area contributed by atoms with Gasteiger partial charge < -0.3 is 9.47 Å². The number of fused-ring (bicyclic) bond motifs is 1. The van der Waals surface area contributed by atoms with E-state index in [-0.39, 0.29) is 22.7 Å². The normalized spacial score (nSPS) is 17.0. The highest BCUT2D eigenvalue weighted by Gasteiger charge is 2.36. The lowest BCUT2D eigenvalue weighted by Crippen LogP contribution is -2.35. The summed E-state index contributed by atoms with van der Waals surface area (Å²) in [5, 5.41) is 15.7. The van der Waals surface area contributed by atoms with E-state index in [1.165, 1.54) is 22.3 Å². The Balaban J connectivity index is 1.42. The molecular formula is C27H30N4O3S. The Morgan fingerprint density at radius 2 is 1.74 bits per heavy atom. The lowest BCUT2D eigenvalue weighted by molar-refractivity contribution is -0.114. The van der Waals surface area contributed by atoms with Gasteiger partial charge in [-0.15, -0.1) is 0 Å². The Morgan fingerprint density at radius 1 is 1.06 bits per heavy atom. The summed E-state index contributed by atoms with van der Waals surface area (Å²) in [5.41, 5.74) is 2.21. The maximum Gasteiger partial charge on any atom is 0.283 e. The number of benzene rings is 2. The molecular weight excluding hydrogens is 460 g/mol. The largest absolute Gasteiger partial charge is 0.490 e. The fraction of sp³-hybridized carbons (Fsp3) is 0.333. The number of amides is 1. The maximum absolute atomic E-state index is 12.7. The van der Waals surface area contributed by atoms with Gasteiger partial charge in [-0.1, -0.05) is 65.0 Å². The molecule has 0 saturated heterocycles. The molecule has 1 N–H and O–H groups in total. The number of rotatable bonds is 7. The quantitative estimate of drug-likeness (QED) is 0.396. The Bertz CT molecular complexity index is 1220. The van der Waals surface area contributed by atoms with Crippen molar-refractivity contribution in [3.05, 3.63) is 65.2 Å². The minimum atomic E-state index is -0.453. The summed E-state index contributed by atoms with van der Waals surface area (Å²) in [6, 6.07) is 15.5. The zero-order chi connectivity index (χ0) is 25.2. The van der Waals surface area contributed by atoms with Crippen molar-refractivity contribution in [2.45, 2.75) is 40.0 Å². The predicted molar refractivity (Wildman–Crippen MR) is 142 cm³/mol. The number of nitrogens with zero attached hydrogens (tertiary/aromatic N) is 3. The highest BCUT2D eigenvalue weighted by molar-refractivity contribution is 8.27. The lowest BCUT2D eigenvalue weighted by atomic mass is 9.87. The van der Waals surface area contributed by atoms with Gasteiger partial charge in [0, 0.05) is 11.5 Å². The van der Waals surface area contributed by atoms with Gasteiger partial charge in [0.05, 0.1) is 5.57 Å². The molecule has 0 unspecified atom stereocenters. The molecule has 0 spiro atoms. The number of thioether (sulfide) groups is 1. The average molecular weight is 491 g/mol. The maximum atomic E-state index is 12.7. The molecule has 2 aliphatic rings. The van der Waals surface area contributed by atoms with Crippen LogP contribution in [0.2, 0.25) is 0 Å². The number of hydrazone groups is 1. The minimum Gasteiger partial charge on any atom is -0.490 e. The molecule has 2 aromatic rings. The van der Waals surface area contributed by atoms with Crippen molar-refractivity contribution >= 4 is 39.8 Å². The molecule has 0 fully saturated rings. The summed E-state index contributed by atoms with van der Waals surface area (Å²) < 4.78 is 11.8. The fourth-order valence-corrected chi connectivity index (χ4v) is 4.38. The molecule has 0 aliphatic carbocycles. The van der Waals surface area contributed by atoms with Crippen LogP contribution in [0, 0.1) is 11.3 Å². The van der Waals surface area contributed by atoms with Crippen LogP contribution in [-0.4, -0.2) is 40.2 Å². The molecule has 4 rings (SSSR count). The van der Waals surface area contributed by atoms with Crippen LogP contribution in [0.4, 0.5) is 0 Å².